The van der Waals surface area contributed by atoms with Crippen LogP contribution in [0.1, 0.15) is 38.3 Å². The smallest absolute Gasteiger partial charge is 0.368 e. The number of ketones is 1. The second kappa shape index (κ2) is 8.02. The van der Waals surface area contributed by atoms with Gasteiger partial charge in [0.15, 0.2) is 5.78 Å². The Morgan fingerprint density at radius 2 is 2.00 bits per heavy atom. The number of alkyl halides is 3. The lowest BCUT2D eigenvalue weighted by Crippen LogP contribution is -2.31. The van der Waals surface area contributed by atoms with Gasteiger partial charge in [-0.1, -0.05) is 18.2 Å². The summed E-state index contributed by atoms with van der Waals surface area (Å²) in [4.78, 5) is 23.3. The van der Waals surface area contributed by atoms with Gasteiger partial charge in [-0.15, -0.1) is 0 Å². The van der Waals surface area contributed by atoms with Gasteiger partial charge >= 0.3 is 6.18 Å². The van der Waals surface area contributed by atoms with Crippen LogP contribution in [0.5, 0.6) is 0 Å². The third-order valence-corrected chi connectivity index (χ3v) is 5.32. The van der Waals surface area contributed by atoms with Crippen LogP contribution in [0.2, 0.25) is 0 Å². The zero-order valence-corrected chi connectivity index (χ0v) is 16.9. The highest BCUT2D eigenvalue weighted by molar-refractivity contribution is 5.98. The van der Waals surface area contributed by atoms with Crippen LogP contribution in [0.15, 0.2) is 48.7 Å². The number of anilines is 2. The minimum Gasteiger partial charge on any atom is -0.368 e. The average molecular weight is 426 g/mol. The third-order valence-electron chi connectivity index (χ3n) is 5.32. The molecule has 0 radical (unpaired) electrons. The molecule has 0 saturated carbocycles. The van der Waals surface area contributed by atoms with Crippen LogP contribution in [-0.4, -0.2) is 22.3 Å². The molecule has 160 valence electrons. The first-order valence-corrected chi connectivity index (χ1v) is 9.85. The lowest BCUT2D eigenvalue weighted by molar-refractivity contribution is -0.137. The van der Waals surface area contributed by atoms with E-state index in [-0.39, 0.29) is 18.2 Å². The number of hydrogen-bond donors (Lipinski definition) is 1. The minimum absolute atomic E-state index is 0.0945. The van der Waals surface area contributed by atoms with E-state index in [4.69, 9.17) is 5.73 Å². The standard InChI is InChI=1S/C23H21F3N4O/c1-14-7-16(21(31)10-15-3-2-4-18(9-15)23(24,25)26)11-19(8-14)30-6-5-20-17(13-30)12-28-22(27)29-20/h2-4,7-9,11-12H,5-6,10,13H2,1H3,(H2,27,28,29). The number of Topliss-reactive ketones (excluding diaryl/α,β-unsaturated/α-hetero) is 1. The molecular weight excluding hydrogens is 405 g/mol. The van der Waals surface area contributed by atoms with Crippen LogP contribution in [0.25, 0.3) is 0 Å². The van der Waals surface area contributed by atoms with Gasteiger partial charge < -0.3 is 10.6 Å². The first-order chi connectivity index (χ1) is 14.7. The molecule has 1 aliphatic rings. The molecule has 8 heteroatoms. The van der Waals surface area contributed by atoms with Crippen LogP contribution in [0.3, 0.4) is 0 Å². The highest BCUT2D eigenvalue weighted by Gasteiger charge is 2.30. The van der Waals surface area contributed by atoms with Gasteiger partial charge in [0.1, 0.15) is 0 Å². The van der Waals surface area contributed by atoms with Crippen molar-refractivity contribution < 1.29 is 18.0 Å². The van der Waals surface area contributed by atoms with Crippen LogP contribution in [0.4, 0.5) is 24.8 Å². The van der Waals surface area contributed by atoms with Gasteiger partial charge in [-0.25, -0.2) is 9.97 Å². The molecule has 0 atom stereocenters. The number of aryl methyl sites for hydroxylation is 1. The van der Waals surface area contributed by atoms with Crippen molar-refractivity contribution in [3.63, 3.8) is 0 Å². The molecule has 31 heavy (non-hydrogen) atoms. The maximum absolute atomic E-state index is 13.0. The molecule has 0 unspecified atom stereocenters. The Hall–Kier alpha value is -3.42. The first kappa shape index (κ1) is 20.8. The molecule has 2 heterocycles. The fraction of sp³-hybridized carbons (Fsp3) is 0.261. The predicted molar refractivity (Wildman–Crippen MR) is 112 cm³/mol. The first-order valence-electron chi connectivity index (χ1n) is 9.85. The molecule has 5 nitrogen and oxygen atoms in total. The Morgan fingerprint density at radius 3 is 2.77 bits per heavy atom. The fourth-order valence-electron chi connectivity index (χ4n) is 3.80. The maximum atomic E-state index is 13.0. The van der Waals surface area contributed by atoms with Crippen LogP contribution in [0, 0.1) is 6.92 Å². The highest BCUT2D eigenvalue weighted by atomic mass is 19.4. The summed E-state index contributed by atoms with van der Waals surface area (Å²) in [6.45, 7) is 3.21. The number of halogens is 3. The van der Waals surface area contributed by atoms with Crippen molar-refractivity contribution in [2.24, 2.45) is 0 Å². The molecular formula is C23H21F3N4O. The van der Waals surface area contributed by atoms with E-state index in [1.54, 1.807) is 18.3 Å². The van der Waals surface area contributed by atoms with Gasteiger partial charge in [0.25, 0.3) is 0 Å². The highest BCUT2D eigenvalue weighted by Crippen LogP contribution is 2.30. The molecule has 0 bridgehead atoms. The Kier molecular flexibility index (Phi) is 5.39. The number of hydrogen-bond acceptors (Lipinski definition) is 5. The summed E-state index contributed by atoms with van der Waals surface area (Å²) in [7, 11) is 0. The molecule has 1 aliphatic heterocycles. The van der Waals surface area contributed by atoms with Crippen molar-refractivity contribution in [1.82, 2.24) is 9.97 Å². The number of aromatic nitrogens is 2. The zero-order valence-electron chi connectivity index (χ0n) is 16.9. The average Bonchev–Trinajstić information content (AvgIpc) is 2.72. The largest absolute Gasteiger partial charge is 0.416 e. The second-order valence-electron chi connectivity index (χ2n) is 7.73. The number of carbonyl (C=O) groups excluding carboxylic acids is 1. The Bertz CT molecular complexity index is 1140. The Morgan fingerprint density at radius 1 is 1.19 bits per heavy atom. The van der Waals surface area contributed by atoms with Gasteiger partial charge in [-0.2, -0.15) is 13.2 Å². The number of benzene rings is 2. The number of nitrogens with zero attached hydrogens (tertiary/aromatic N) is 3. The summed E-state index contributed by atoms with van der Waals surface area (Å²) in [6.07, 6.45) is -2.10. The van der Waals surface area contributed by atoms with Crippen molar-refractivity contribution in [1.29, 1.82) is 0 Å². The summed E-state index contributed by atoms with van der Waals surface area (Å²) in [5.41, 5.74) is 9.43. The summed E-state index contributed by atoms with van der Waals surface area (Å²) in [6, 6.07) is 10.5. The number of nitrogen functional groups attached to an aromatic ring is 1. The number of fused-ring (bicyclic) bond motifs is 1. The Labute approximate surface area is 177 Å². The monoisotopic (exact) mass is 426 g/mol. The molecule has 4 rings (SSSR count). The molecule has 1 aromatic heterocycles. The lowest BCUT2D eigenvalue weighted by atomic mass is 9.98. The van der Waals surface area contributed by atoms with E-state index in [1.807, 2.05) is 13.0 Å². The summed E-state index contributed by atoms with van der Waals surface area (Å²) in [5.74, 6) is 0.0306. The van der Waals surface area contributed by atoms with E-state index in [2.05, 4.69) is 14.9 Å². The van der Waals surface area contributed by atoms with Gasteiger partial charge in [0, 0.05) is 48.9 Å². The van der Waals surface area contributed by atoms with Gasteiger partial charge in [0.2, 0.25) is 5.95 Å². The van der Waals surface area contributed by atoms with Crippen LogP contribution < -0.4 is 10.6 Å². The van der Waals surface area contributed by atoms with E-state index in [1.165, 1.54) is 12.1 Å². The quantitative estimate of drug-likeness (QED) is 0.627. The van der Waals surface area contributed by atoms with Gasteiger partial charge in [-0.05, 0) is 42.3 Å². The van der Waals surface area contributed by atoms with E-state index < -0.39 is 11.7 Å². The van der Waals surface area contributed by atoms with Crippen LogP contribution in [-0.2, 0) is 25.6 Å². The molecule has 3 aromatic rings. The van der Waals surface area contributed by atoms with Gasteiger partial charge in [-0.3, -0.25) is 4.79 Å². The van der Waals surface area contributed by atoms with Crippen molar-refractivity contribution in [3.05, 3.63) is 82.2 Å². The number of carbonyl (C=O) groups is 1. The maximum Gasteiger partial charge on any atom is 0.416 e. The fourth-order valence-corrected chi connectivity index (χ4v) is 3.80. The van der Waals surface area contributed by atoms with Crippen molar-refractivity contribution in [2.75, 3.05) is 17.2 Å². The number of rotatable bonds is 4. The van der Waals surface area contributed by atoms with Crippen LogP contribution >= 0.6 is 0 Å². The summed E-state index contributed by atoms with van der Waals surface area (Å²) in [5, 5.41) is 0. The summed E-state index contributed by atoms with van der Waals surface area (Å²) < 4.78 is 38.9. The summed E-state index contributed by atoms with van der Waals surface area (Å²) >= 11 is 0. The lowest BCUT2D eigenvalue weighted by Gasteiger charge is -2.30. The molecule has 0 spiro atoms. The zero-order chi connectivity index (χ0) is 22.2. The van der Waals surface area contributed by atoms with E-state index in [0.29, 0.717) is 30.6 Å². The Balaban J connectivity index is 1.56. The van der Waals surface area contributed by atoms with Crippen molar-refractivity contribution in [2.45, 2.75) is 32.5 Å². The SMILES string of the molecule is Cc1cc(C(=O)Cc2cccc(C(F)(F)F)c2)cc(N2CCc3nc(N)ncc3C2)c1. The normalized spacial score (nSPS) is 13.7. The molecule has 0 fully saturated rings. The second-order valence-corrected chi connectivity index (χ2v) is 7.73. The third kappa shape index (κ3) is 4.68. The van der Waals surface area contributed by atoms with Crippen molar-refractivity contribution in [3.8, 4) is 0 Å². The van der Waals surface area contributed by atoms with E-state index >= 15 is 0 Å². The molecule has 2 aromatic carbocycles. The molecule has 0 amide bonds. The minimum atomic E-state index is -4.44. The van der Waals surface area contributed by atoms with E-state index in [9.17, 15) is 18.0 Å². The molecule has 0 saturated heterocycles. The predicted octanol–water partition coefficient (Wildman–Crippen LogP) is 4.37. The van der Waals surface area contributed by atoms with E-state index in [0.717, 1.165) is 34.6 Å². The molecule has 2 N–H and O–H groups in total. The molecule has 0 aliphatic carbocycles. The van der Waals surface area contributed by atoms with Gasteiger partial charge in [0.05, 0.1) is 11.3 Å². The topological polar surface area (TPSA) is 72.1 Å². The number of nitrogens with two attached hydrogens (primary N) is 1. The van der Waals surface area contributed by atoms with Crippen molar-refractivity contribution >= 4 is 17.4 Å².